The highest BCUT2D eigenvalue weighted by atomic mass is 16.7. The van der Waals surface area contributed by atoms with Crippen LogP contribution in [-0.2, 0) is 57.1 Å². The van der Waals surface area contributed by atoms with E-state index in [4.69, 9.17) is 33.2 Å². The average molecular weight is 505 g/mol. The lowest BCUT2D eigenvalue weighted by Crippen LogP contribution is -2.62. The summed E-state index contributed by atoms with van der Waals surface area (Å²) in [5, 5.41) is 2.71. The highest BCUT2D eigenvalue weighted by Gasteiger charge is 2.53. The SMILES string of the molecule is CC(=O)OC1O[C@H](CC(=O)OCCCOCCCN=O)[C@H](OC(C)=O)[C@@H](OC(C)=O)[C@@H]1OC(C)=O. The van der Waals surface area contributed by atoms with Crippen LogP contribution in [0.5, 0.6) is 0 Å². The Hall–Kier alpha value is -3.13. The van der Waals surface area contributed by atoms with Gasteiger partial charge in [0.2, 0.25) is 12.4 Å². The van der Waals surface area contributed by atoms with Crippen molar-refractivity contribution in [2.24, 2.45) is 5.18 Å². The van der Waals surface area contributed by atoms with Crippen molar-refractivity contribution in [1.82, 2.24) is 0 Å². The summed E-state index contributed by atoms with van der Waals surface area (Å²) in [6.45, 7) is 5.11. The van der Waals surface area contributed by atoms with E-state index < -0.39 is 67.0 Å². The largest absolute Gasteiger partial charge is 0.466 e. The minimum absolute atomic E-state index is 0.00649. The number of esters is 5. The Labute approximate surface area is 201 Å². The van der Waals surface area contributed by atoms with E-state index in [0.29, 0.717) is 19.4 Å². The van der Waals surface area contributed by atoms with Gasteiger partial charge in [0.1, 0.15) is 6.10 Å². The first-order valence-electron chi connectivity index (χ1n) is 10.9. The number of hydrogen-bond acceptors (Lipinski definition) is 14. The Morgan fingerprint density at radius 3 is 1.83 bits per heavy atom. The molecule has 35 heavy (non-hydrogen) atoms. The summed E-state index contributed by atoms with van der Waals surface area (Å²) >= 11 is 0. The average Bonchev–Trinajstić information content (AvgIpc) is 2.73. The quantitative estimate of drug-likeness (QED) is 0.138. The first-order chi connectivity index (χ1) is 16.5. The van der Waals surface area contributed by atoms with Crippen LogP contribution in [0.3, 0.4) is 0 Å². The molecule has 1 fully saturated rings. The highest BCUT2D eigenvalue weighted by molar-refractivity contribution is 5.71. The molecule has 1 aliphatic heterocycles. The Bertz CT molecular complexity index is 756. The molecule has 1 aliphatic rings. The van der Waals surface area contributed by atoms with Gasteiger partial charge in [-0.25, -0.2) is 0 Å². The molecule has 0 spiro atoms. The van der Waals surface area contributed by atoms with Crippen LogP contribution in [0.2, 0.25) is 0 Å². The topological polar surface area (TPSA) is 179 Å². The van der Waals surface area contributed by atoms with Crippen molar-refractivity contribution in [2.75, 3.05) is 26.4 Å². The predicted octanol–water partition coefficient (Wildman–Crippen LogP) is 0.566. The van der Waals surface area contributed by atoms with E-state index in [-0.39, 0.29) is 19.8 Å². The molecule has 1 heterocycles. The van der Waals surface area contributed by atoms with Gasteiger partial charge < -0.3 is 33.2 Å². The number of nitrogens with zero attached hydrogens (tertiary/aromatic N) is 1. The molecule has 0 radical (unpaired) electrons. The number of carbonyl (C=O) groups is 5. The number of ether oxygens (including phenoxy) is 7. The van der Waals surface area contributed by atoms with E-state index in [2.05, 4.69) is 5.18 Å². The Kier molecular flexibility index (Phi) is 13.4. The molecule has 0 bridgehead atoms. The van der Waals surface area contributed by atoms with Crippen LogP contribution >= 0.6 is 0 Å². The Balaban J connectivity index is 2.92. The molecule has 14 nitrogen and oxygen atoms in total. The fourth-order valence-corrected chi connectivity index (χ4v) is 3.18. The van der Waals surface area contributed by atoms with Crippen LogP contribution in [0.15, 0.2) is 5.18 Å². The normalized spacial score (nSPS) is 23.5. The van der Waals surface area contributed by atoms with Gasteiger partial charge in [0.05, 0.1) is 19.6 Å². The summed E-state index contributed by atoms with van der Waals surface area (Å²) in [7, 11) is 0. The Morgan fingerprint density at radius 2 is 1.26 bits per heavy atom. The molecule has 0 aromatic rings. The second-order valence-corrected chi connectivity index (χ2v) is 7.47. The van der Waals surface area contributed by atoms with Gasteiger partial charge in [0, 0.05) is 47.3 Å². The van der Waals surface area contributed by atoms with Crippen LogP contribution in [0.4, 0.5) is 0 Å². The fraction of sp³-hybridized carbons (Fsp3) is 0.762. The van der Waals surface area contributed by atoms with Crippen molar-refractivity contribution in [3.63, 3.8) is 0 Å². The van der Waals surface area contributed by atoms with Gasteiger partial charge in [-0.1, -0.05) is 5.18 Å². The minimum Gasteiger partial charge on any atom is -0.466 e. The van der Waals surface area contributed by atoms with Gasteiger partial charge in [-0.2, -0.15) is 4.91 Å². The summed E-state index contributed by atoms with van der Waals surface area (Å²) in [6.07, 6.45) is -6.71. The van der Waals surface area contributed by atoms with Crippen LogP contribution in [0.1, 0.15) is 47.0 Å². The molecule has 0 aromatic carbocycles. The van der Waals surface area contributed by atoms with Crippen LogP contribution < -0.4 is 0 Å². The number of nitroso groups, excluding NO2 is 1. The van der Waals surface area contributed by atoms with Crippen molar-refractivity contribution < 1.29 is 57.1 Å². The maximum absolute atomic E-state index is 12.4. The van der Waals surface area contributed by atoms with E-state index in [1.54, 1.807) is 0 Å². The molecule has 0 aliphatic carbocycles. The monoisotopic (exact) mass is 505 g/mol. The molecule has 0 amide bonds. The predicted molar refractivity (Wildman–Crippen MR) is 113 cm³/mol. The van der Waals surface area contributed by atoms with Crippen molar-refractivity contribution in [3.8, 4) is 0 Å². The first kappa shape index (κ1) is 29.9. The summed E-state index contributed by atoms with van der Waals surface area (Å²) in [6, 6.07) is 0. The van der Waals surface area contributed by atoms with E-state index in [1.165, 1.54) is 0 Å². The number of rotatable bonds is 14. The molecular formula is C21H31NO13. The maximum atomic E-state index is 12.4. The molecule has 198 valence electrons. The summed E-state index contributed by atoms with van der Waals surface area (Å²) in [4.78, 5) is 69.1. The van der Waals surface area contributed by atoms with E-state index in [9.17, 15) is 28.9 Å². The third-order valence-corrected chi connectivity index (χ3v) is 4.38. The molecule has 0 saturated carbocycles. The van der Waals surface area contributed by atoms with Crippen LogP contribution in [0, 0.1) is 4.91 Å². The lowest BCUT2D eigenvalue weighted by Gasteiger charge is -2.43. The zero-order valence-corrected chi connectivity index (χ0v) is 20.1. The van der Waals surface area contributed by atoms with Gasteiger partial charge in [-0.05, 0) is 6.42 Å². The van der Waals surface area contributed by atoms with Crippen molar-refractivity contribution >= 4 is 29.8 Å². The molecule has 0 N–H and O–H groups in total. The molecule has 0 aromatic heterocycles. The van der Waals surface area contributed by atoms with Gasteiger partial charge in [-0.3, -0.25) is 24.0 Å². The molecule has 1 unspecified atom stereocenters. The van der Waals surface area contributed by atoms with Crippen molar-refractivity contribution in [2.45, 2.75) is 77.7 Å². The van der Waals surface area contributed by atoms with Gasteiger partial charge in [-0.15, -0.1) is 0 Å². The molecule has 1 saturated heterocycles. The van der Waals surface area contributed by atoms with Gasteiger partial charge >= 0.3 is 29.8 Å². The van der Waals surface area contributed by atoms with E-state index >= 15 is 0 Å². The molecule has 1 rings (SSSR count). The van der Waals surface area contributed by atoms with E-state index in [1.807, 2.05) is 0 Å². The first-order valence-corrected chi connectivity index (χ1v) is 10.9. The summed E-state index contributed by atoms with van der Waals surface area (Å²) in [5.41, 5.74) is 0. The maximum Gasteiger partial charge on any atom is 0.308 e. The number of carbonyl (C=O) groups excluding carboxylic acids is 5. The van der Waals surface area contributed by atoms with Gasteiger partial charge in [0.15, 0.2) is 12.2 Å². The zero-order valence-electron chi connectivity index (χ0n) is 20.1. The van der Waals surface area contributed by atoms with Crippen LogP contribution in [-0.4, -0.2) is 86.9 Å². The van der Waals surface area contributed by atoms with Gasteiger partial charge in [0.25, 0.3) is 0 Å². The van der Waals surface area contributed by atoms with E-state index in [0.717, 1.165) is 27.7 Å². The lowest BCUT2D eigenvalue weighted by molar-refractivity contribution is -0.296. The van der Waals surface area contributed by atoms with Crippen molar-refractivity contribution in [1.29, 1.82) is 0 Å². The Morgan fingerprint density at radius 1 is 0.714 bits per heavy atom. The second kappa shape index (κ2) is 15.7. The zero-order chi connectivity index (χ0) is 26.4. The molecular weight excluding hydrogens is 474 g/mol. The fourth-order valence-electron chi connectivity index (χ4n) is 3.18. The third-order valence-electron chi connectivity index (χ3n) is 4.38. The van der Waals surface area contributed by atoms with Crippen LogP contribution in [0.25, 0.3) is 0 Å². The minimum atomic E-state index is -1.56. The summed E-state index contributed by atoms with van der Waals surface area (Å²) < 4.78 is 36.7. The third kappa shape index (κ3) is 11.7. The molecule has 14 heteroatoms. The lowest BCUT2D eigenvalue weighted by atomic mass is 9.95. The highest BCUT2D eigenvalue weighted by Crippen LogP contribution is 2.31. The second-order valence-electron chi connectivity index (χ2n) is 7.47. The standard InChI is InChI=1S/C21H31NO13/c1-12(23)31-18-16(11-17(27)30-10-6-9-29-8-5-7-22-28)35-21(34-15(4)26)20(33-14(3)25)19(18)32-13(2)24/h16,18-21H,5-11H2,1-4H3/t16-,18+,19-,20+,21?/m1/s1. The number of hydrogen-bond donors (Lipinski definition) is 0. The summed E-state index contributed by atoms with van der Waals surface area (Å²) in [5.74, 6) is -3.95. The van der Waals surface area contributed by atoms with Crippen molar-refractivity contribution in [3.05, 3.63) is 4.91 Å². The smallest absolute Gasteiger partial charge is 0.308 e. The molecule has 5 atom stereocenters.